The molecule has 0 saturated heterocycles. The molecule has 2 rings (SSSR count). The average Bonchev–Trinajstić information content (AvgIpc) is 2.42. The molecule has 0 heterocycles. The minimum Gasteiger partial charge on any atom is -0.271 e. The van der Waals surface area contributed by atoms with Crippen molar-refractivity contribution in [1.82, 2.24) is 5.43 Å². The second-order valence-corrected chi connectivity index (χ2v) is 7.13. The summed E-state index contributed by atoms with van der Waals surface area (Å²) in [6.45, 7) is 0. The number of nitrogens with one attached hydrogen (secondary N) is 1. The van der Waals surface area contributed by atoms with Crippen LogP contribution >= 0.6 is 47.8 Å². The third-order valence-corrected chi connectivity index (χ3v) is 4.56. The fourth-order valence-corrected chi connectivity index (χ4v) is 3.71. The smallest absolute Gasteiger partial charge is 0.143 e. The summed E-state index contributed by atoms with van der Waals surface area (Å²) in [5.41, 5.74) is 3.41. The largest absolute Gasteiger partial charge is 0.271 e. The SMILES string of the molecule is NNC(Cc1c(F)ccc(Br)c1F)c1cc(Br)cc(Br)c1. The molecule has 3 N–H and O–H groups in total. The van der Waals surface area contributed by atoms with Gasteiger partial charge in [0.15, 0.2) is 0 Å². The van der Waals surface area contributed by atoms with E-state index in [4.69, 9.17) is 5.84 Å². The van der Waals surface area contributed by atoms with E-state index in [0.717, 1.165) is 14.5 Å². The van der Waals surface area contributed by atoms with E-state index in [9.17, 15) is 8.78 Å². The fraction of sp³-hybridized carbons (Fsp3) is 0.143. The maximum absolute atomic E-state index is 14.1. The maximum atomic E-state index is 14.1. The lowest BCUT2D eigenvalue weighted by molar-refractivity contribution is 0.497. The molecular weight excluding hydrogens is 474 g/mol. The monoisotopic (exact) mass is 482 g/mol. The van der Waals surface area contributed by atoms with E-state index in [-0.39, 0.29) is 16.5 Å². The van der Waals surface area contributed by atoms with Gasteiger partial charge in [0, 0.05) is 14.5 Å². The van der Waals surface area contributed by atoms with E-state index in [1.165, 1.54) is 12.1 Å². The molecule has 21 heavy (non-hydrogen) atoms. The number of hydrazine groups is 1. The Labute approximate surface area is 146 Å². The minimum atomic E-state index is -0.607. The molecule has 1 atom stereocenters. The summed E-state index contributed by atoms with van der Waals surface area (Å²) in [6.07, 6.45) is 0.0938. The zero-order chi connectivity index (χ0) is 15.6. The summed E-state index contributed by atoms with van der Waals surface area (Å²) in [4.78, 5) is 0. The first-order valence-electron chi connectivity index (χ1n) is 5.97. The highest BCUT2D eigenvalue weighted by Gasteiger charge is 2.19. The van der Waals surface area contributed by atoms with Crippen LogP contribution in [0.4, 0.5) is 8.78 Å². The summed E-state index contributed by atoms with van der Waals surface area (Å²) in [5.74, 6) is 4.35. The van der Waals surface area contributed by atoms with Crippen LogP contribution in [0.5, 0.6) is 0 Å². The van der Waals surface area contributed by atoms with Crippen LogP contribution in [0.25, 0.3) is 0 Å². The molecule has 0 aliphatic rings. The van der Waals surface area contributed by atoms with Crippen LogP contribution in [0.1, 0.15) is 17.2 Å². The summed E-state index contributed by atoms with van der Waals surface area (Å²) < 4.78 is 29.8. The summed E-state index contributed by atoms with van der Waals surface area (Å²) in [6, 6.07) is 7.72. The van der Waals surface area contributed by atoms with Crippen molar-refractivity contribution in [1.29, 1.82) is 0 Å². The predicted octanol–water partition coefficient (Wildman–Crippen LogP) is 5.00. The zero-order valence-corrected chi connectivity index (χ0v) is 15.4. The first-order valence-corrected chi connectivity index (χ1v) is 8.34. The van der Waals surface area contributed by atoms with Crippen LogP contribution in [0.2, 0.25) is 0 Å². The van der Waals surface area contributed by atoms with Crippen LogP contribution in [0.3, 0.4) is 0 Å². The highest BCUT2D eigenvalue weighted by molar-refractivity contribution is 9.11. The van der Waals surface area contributed by atoms with Gasteiger partial charge in [-0.1, -0.05) is 31.9 Å². The van der Waals surface area contributed by atoms with Crippen molar-refractivity contribution in [2.45, 2.75) is 12.5 Å². The normalized spacial score (nSPS) is 12.5. The Morgan fingerprint density at radius 1 is 1.05 bits per heavy atom. The number of hydrogen-bond donors (Lipinski definition) is 2. The second-order valence-electron chi connectivity index (χ2n) is 4.45. The molecule has 2 aromatic carbocycles. The van der Waals surface area contributed by atoms with E-state index >= 15 is 0 Å². The van der Waals surface area contributed by atoms with Gasteiger partial charge >= 0.3 is 0 Å². The molecule has 7 heteroatoms. The van der Waals surface area contributed by atoms with Gasteiger partial charge in [-0.25, -0.2) is 8.78 Å². The standard InChI is InChI=1S/C14H11Br3F2N2/c15-8-3-7(4-9(16)5-8)13(21-20)6-10-12(18)2-1-11(17)14(10)19/h1-5,13,21H,6,20H2. The van der Waals surface area contributed by atoms with Crippen molar-refractivity contribution in [2.24, 2.45) is 5.84 Å². The Morgan fingerprint density at radius 3 is 2.24 bits per heavy atom. The molecule has 1 unspecified atom stereocenters. The van der Waals surface area contributed by atoms with Crippen LogP contribution < -0.4 is 11.3 Å². The predicted molar refractivity (Wildman–Crippen MR) is 89.7 cm³/mol. The van der Waals surface area contributed by atoms with Gasteiger partial charge in [0.05, 0.1) is 10.5 Å². The number of nitrogens with two attached hydrogens (primary N) is 1. The lowest BCUT2D eigenvalue weighted by atomic mass is 9.99. The minimum absolute atomic E-state index is 0.0107. The Morgan fingerprint density at radius 2 is 1.67 bits per heavy atom. The first kappa shape index (κ1) is 17.0. The topological polar surface area (TPSA) is 38.0 Å². The number of hydrogen-bond acceptors (Lipinski definition) is 2. The third kappa shape index (κ3) is 4.10. The van der Waals surface area contributed by atoms with Crippen molar-refractivity contribution in [3.8, 4) is 0 Å². The molecule has 0 bridgehead atoms. The summed E-state index contributed by atoms with van der Waals surface area (Å²) >= 11 is 9.83. The Balaban J connectivity index is 2.38. The molecule has 0 aliphatic heterocycles. The van der Waals surface area contributed by atoms with Crippen molar-refractivity contribution in [3.63, 3.8) is 0 Å². The number of rotatable bonds is 4. The van der Waals surface area contributed by atoms with Crippen LogP contribution in [-0.4, -0.2) is 0 Å². The highest BCUT2D eigenvalue weighted by atomic mass is 79.9. The van der Waals surface area contributed by atoms with Gasteiger partial charge in [0.1, 0.15) is 11.6 Å². The quantitative estimate of drug-likeness (QED) is 0.364. The van der Waals surface area contributed by atoms with Gasteiger partial charge in [-0.3, -0.25) is 11.3 Å². The summed E-state index contributed by atoms with van der Waals surface area (Å²) in [5, 5.41) is 0. The first-order chi connectivity index (χ1) is 9.92. The Bertz CT molecular complexity index is 645. The average molecular weight is 485 g/mol. The molecule has 0 amide bonds. The van der Waals surface area contributed by atoms with Crippen LogP contribution in [0.15, 0.2) is 43.7 Å². The van der Waals surface area contributed by atoms with Crippen LogP contribution in [-0.2, 0) is 6.42 Å². The lowest BCUT2D eigenvalue weighted by Crippen LogP contribution is -2.30. The van der Waals surface area contributed by atoms with Gasteiger partial charge in [-0.2, -0.15) is 0 Å². The van der Waals surface area contributed by atoms with Crippen molar-refractivity contribution < 1.29 is 8.78 Å². The van der Waals surface area contributed by atoms with Gasteiger partial charge < -0.3 is 0 Å². The number of benzene rings is 2. The molecule has 2 nitrogen and oxygen atoms in total. The second kappa shape index (κ2) is 7.28. The van der Waals surface area contributed by atoms with E-state index in [1.54, 1.807) is 0 Å². The van der Waals surface area contributed by atoms with Gasteiger partial charge in [0.25, 0.3) is 0 Å². The van der Waals surface area contributed by atoms with E-state index < -0.39 is 17.7 Å². The van der Waals surface area contributed by atoms with Crippen LogP contribution in [0, 0.1) is 11.6 Å². The van der Waals surface area contributed by atoms with Gasteiger partial charge in [0.2, 0.25) is 0 Å². The molecule has 2 aromatic rings. The molecule has 0 aromatic heterocycles. The van der Waals surface area contributed by atoms with Crippen molar-refractivity contribution >= 4 is 47.8 Å². The van der Waals surface area contributed by atoms with E-state index in [0.29, 0.717) is 0 Å². The molecule has 0 spiro atoms. The molecule has 0 radical (unpaired) electrons. The van der Waals surface area contributed by atoms with E-state index in [1.807, 2.05) is 18.2 Å². The highest BCUT2D eigenvalue weighted by Crippen LogP contribution is 2.29. The molecule has 0 aliphatic carbocycles. The summed E-state index contributed by atoms with van der Waals surface area (Å²) in [7, 11) is 0. The molecular formula is C14H11Br3F2N2. The molecule has 0 fully saturated rings. The van der Waals surface area contributed by atoms with Crippen molar-refractivity contribution in [2.75, 3.05) is 0 Å². The fourth-order valence-electron chi connectivity index (χ4n) is 2.01. The van der Waals surface area contributed by atoms with Crippen molar-refractivity contribution in [3.05, 3.63) is 66.5 Å². The third-order valence-electron chi connectivity index (χ3n) is 3.04. The Kier molecular flexibility index (Phi) is 5.90. The molecule has 112 valence electrons. The van der Waals surface area contributed by atoms with Gasteiger partial charge in [-0.05, 0) is 58.2 Å². The molecule has 0 saturated carbocycles. The lowest BCUT2D eigenvalue weighted by Gasteiger charge is -2.18. The maximum Gasteiger partial charge on any atom is 0.143 e. The number of halogens is 5. The van der Waals surface area contributed by atoms with E-state index in [2.05, 4.69) is 53.2 Å². The zero-order valence-electron chi connectivity index (χ0n) is 10.6. The Hall–Kier alpha value is -0.340. The van der Waals surface area contributed by atoms with Gasteiger partial charge in [-0.15, -0.1) is 0 Å².